The van der Waals surface area contributed by atoms with Gasteiger partial charge in [0.1, 0.15) is 31.3 Å². The van der Waals surface area contributed by atoms with Crippen molar-refractivity contribution in [1.82, 2.24) is 9.80 Å². The second-order valence-electron chi connectivity index (χ2n) is 9.91. The first-order valence-electron chi connectivity index (χ1n) is 12.4. The standard InChI is InChI=1S/C28H31BrN2O6S/c1-28(2,3)20-5-8-22(9-6-20)36-14-15-37-23-17-21(29)7-4-19(23)16-24-26(33)31(27(34)38-24)18-25(32)30-10-12-35-13-11-30/h4-9,16-17H,10-15,18H2,1-3H3/b24-16-. The van der Waals surface area contributed by atoms with Crippen molar-refractivity contribution < 1.29 is 28.6 Å². The van der Waals surface area contributed by atoms with E-state index in [0.29, 0.717) is 44.2 Å². The van der Waals surface area contributed by atoms with E-state index in [1.807, 2.05) is 18.2 Å². The van der Waals surface area contributed by atoms with Crippen LogP contribution in [-0.2, 0) is 19.7 Å². The number of rotatable bonds is 8. The number of hydrogen-bond donors (Lipinski definition) is 0. The fourth-order valence-corrected chi connectivity index (χ4v) is 5.11. The number of halogens is 1. The Hall–Kier alpha value is -2.82. The van der Waals surface area contributed by atoms with Gasteiger partial charge in [-0.3, -0.25) is 19.3 Å². The molecule has 0 atom stereocenters. The number of amides is 3. The van der Waals surface area contributed by atoms with Crippen LogP contribution in [0.5, 0.6) is 11.5 Å². The van der Waals surface area contributed by atoms with Crippen LogP contribution in [0.15, 0.2) is 51.8 Å². The van der Waals surface area contributed by atoms with E-state index in [0.717, 1.165) is 26.9 Å². The van der Waals surface area contributed by atoms with E-state index in [4.69, 9.17) is 14.2 Å². The lowest BCUT2D eigenvalue weighted by molar-refractivity contribution is -0.139. The molecule has 2 heterocycles. The van der Waals surface area contributed by atoms with Gasteiger partial charge in [0.15, 0.2) is 0 Å². The molecule has 3 amide bonds. The van der Waals surface area contributed by atoms with Crippen LogP contribution in [0.2, 0.25) is 0 Å². The molecule has 38 heavy (non-hydrogen) atoms. The summed E-state index contributed by atoms with van der Waals surface area (Å²) in [6.45, 7) is 8.65. The molecule has 2 aromatic rings. The normalized spacial score (nSPS) is 17.3. The molecule has 0 radical (unpaired) electrons. The van der Waals surface area contributed by atoms with Gasteiger partial charge in [-0.05, 0) is 53.1 Å². The average Bonchev–Trinajstić information content (AvgIpc) is 3.15. The maximum Gasteiger partial charge on any atom is 0.294 e. The number of morpholine rings is 1. The molecule has 0 aromatic heterocycles. The number of thioether (sulfide) groups is 1. The van der Waals surface area contributed by atoms with Gasteiger partial charge in [0.2, 0.25) is 5.91 Å². The lowest BCUT2D eigenvalue weighted by Crippen LogP contribution is -2.46. The minimum absolute atomic E-state index is 0.0755. The maximum atomic E-state index is 13.0. The summed E-state index contributed by atoms with van der Waals surface area (Å²) in [7, 11) is 0. The Kier molecular flexibility index (Phi) is 9.17. The Balaban J connectivity index is 1.37. The van der Waals surface area contributed by atoms with Gasteiger partial charge in [-0.15, -0.1) is 0 Å². The van der Waals surface area contributed by atoms with Crippen molar-refractivity contribution in [2.45, 2.75) is 26.2 Å². The van der Waals surface area contributed by atoms with E-state index in [1.54, 1.807) is 23.1 Å². The highest BCUT2D eigenvalue weighted by Gasteiger charge is 2.37. The molecule has 2 saturated heterocycles. The van der Waals surface area contributed by atoms with E-state index < -0.39 is 11.1 Å². The summed E-state index contributed by atoms with van der Waals surface area (Å²) in [5, 5.41) is -0.465. The summed E-state index contributed by atoms with van der Waals surface area (Å²) in [5.41, 5.74) is 1.95. The van der Waals surface area contributed by atoms with Gasteiger partial charge < -0.3 is 19.1 Å². The number of carbonyl (C=O) groups is 3. The van der Waals surface area contributed by atoms with Crippen LogP contribution in [0.25, 0.3) is 6.08 Å². The predicted molar refractivity (Wildman–Crippen MR) is 150 cm³/mol. The third-order valence-electron chi connectivity index (χ3n) is 6.12. The molecular formula is C28H31BrN2O6S. The Morgan fingerprint density at radius 3 is 2.42 bits per heavy atom. The van der Waals surface area contributed by atoms with E-state index in [2.05, 4.69) is 48.8 Å². The van der Waals surface area contributed by atoms with E-state index in [9.17, 15) is 14.4 Å². The average molecular weight is 604 g/mol. The topological polar surface area (TPSA) is 85.4 Å². The van der Waals surface area contributed by atoms with E-state index in [1.165, 1.54) is 5.56 Å². The van der Waals surface area contributed by atoms with E-state index in [-0.39, 0.29) is 29.4 Å². The molecule has 2 aromatic carbocycles. The summed E-state index contributed by atoms with van der Waals surface area (Å²) in [6, 6.07) is 13.5. The van der Waals surface area contributed by atoms with Crippen LogP contribution < -0.4 is 9.47 Å². The molecule has 0 bridgehead atoms. The first-order chi connectivity index (χ1) is 18.1. The number of benzene rings is 2. The van der Waals surface area contributed by atoms with Crippen LogP contribution in [0, 0.1) is 0 Å². The SMILES string of the molecule is CC(C)(C)c1ccc(OCCOc2cc(Br)ccc2/C=C2\SC(=O)N(CC(=O)N3CCOCC3)C2=O)cc1. The Bertz CT molecular complexity index is 1220. The second-order valence-corrected chi connectivity index (χ2v) is 11.8. The smallest absolute Gasteiger partial charge is 0.294 e. The van der Waals surface area contributed by atoms with Gasteiger partial charge in [0.25, 0.3) is 11.1 Å². The molecule has 4 rings (SSSR count). The molecule has 0 aliphatic carbocycles. The minimum atomic E-state index is -0.488. The summed E-state index contributed by atoms with van der Waals surface area (Å²) in [5.74, 6) is 0.550. The molecule has 2 fully saturated rings. The summed E-state index contributed by atoms with van der Waals surface area (Å²) in [6.07, 6.45) is 1.62. The zero-order valence-electron chi connectivity index (χ0n) is 21.7. The lowest BCUT2D eigenvalue weighted by atomic mass is 9.87. The number of nitrogens with zero attached hydrogens (tertiary/aromatic N) is 2. The van der Waals surface area contributed by atoms with Gasteiger partial charge in [0, 0.05) is 23.1 Å². The quantitative estimate of drug-likeness (QED) is 0.307. The molecule has 0 spiro atoms. The molecule has 2 aliphatic heterocycles. The lowest BCUT2D eigenvalue weighted by Gasteiger charge is -2.28. The number of imide groups is 1. The molecular weight excluding hydrogens is 572 g/mol. The Labute approximate surface area is 235 Å². The molecule has 0 saturated carbocycles. The molecule has 0 unspecified atom stereocenters. The summed E-state index contributed by atoms with van der Waals surface area (Å²) >= 11 is 4.27. The first-order valence-corrected chi connectivity index (χ1v) is 14.0. The molecule has 0 N–H and O–H groups in total. The zero-order valence-corrected chi connectivity index (χ0v) is 24.1. The molecule has 2 aliphatic rings. The van der Waals surface area contributed by atoms with Crippen LogP contribution in [-0.4, -0.2) is 72.9 Å². The molecule has 202 valence electrons. The second kappa shape index (κ2) is 12.4. The van der Waals surface area contributed by atoms with Crippen LogP contribution in [0.1, 0.15) is 31.9 Å². The third-order valence-corrected chi connectivity index (χ3v) is 7.52. The number of hydrogen-bond acceptors (Lipinski definition) is 7. The van der Waals surface area contributed by atoms with Crippen molar-refractivity contribution in [2.24, 2.45) is 0 Å². The third kappa shape index (κ3) is 7.18. The van der Waals surface area contributed by atoms with Gasteiger partial charge in [0.05, 0.1) is 18.1 Å². The Morgan fingerprint density at radius 1 is 1.05 bits per heavy atom. The largest absolute Gasteiger partial charge is 0.490 e. The van der Waals surface area contributed by atoms with Crippen molar-refractivity contribution in [3.63, 3.8) is 0 Å². The highest BCUT2D eigenvalue weighted by Crippen LogP contribution is 2.35. The minimum Gasteiger partial charge on any atom is -0.490 e. The van der Waals surface area contributed by atoms with Crippen LogP contribution in [0.3, 0.4) is 0 Å². The van der Waals surface area contributed by atoms with Crippen LogP contribution in [0.4, 0.5) is 4.79 Å². The van der Waals surface area contributed by atoms with Crippen molar-refractivity contribution in [2.75, 3.05) is 46.1 Å². The fourth-order valence-electron chi connectivity index (χ4n) is 3.94. The van der Waals surface area contributed by atoms with Crippen molar-refractivity contribution in [3.8, 4) is 11.5 Å². The molecule has 8 nitrogen and oxygen atoms in total. The van der Waals surface area contributed by atoms with Crippen molar-refractivity contribution in [1.29, 1.82) is 0 Å². The fraction of sp³-hybridized carbons (Fsp3) is 0.393. The van der Waals surface area contributed by atoms with Crippen molar-refractivity contribution in [3.05, 3.63) is 63.0 Å². The summed E-state index contributed by atoms with van der Waals surface area (Å²) in [4.78, 5) is 40.9. The highest BCUT2D eigenvalue weighted by atomic mass is 79.9. The Morgan fingerprint density at radius 2 is 1.74 bits per heavy atom. The maximum absolute atomic E-state index is 13.0. The van der Waals surface area contributed by atoms with Gasteiger partial charge in [-0.1, -0.05) is 54.9 Å². The van der Waals surface area contributed by atoms with E-state index >= 15 is 0 Å². The van der Waals surface area contributed by atoms with Crippen LogP contribution >= 0.6 is 27.7 Å². The number of ether oxygens (including phenoxy) is 3. The summed E-state index contributed by atoms with van der Waals surface area (Å²) < 4.78 is 17.9. The number of carbonyl (C=O) groups excluding carboxylic acids is 3. The first kappa shape index (κ1) is 28.2. The molecule has 10 heteroatoms. The highest BCUT2D eigenvalue weighted by molar-refractivity contribution is 9.10. The zero-order chi connectivity index (χ0) is 27.3. The van der Waals surface area contributed by atoms with Gasteiger partial charge >= 0.3 is 0 Å². The predicted octanol–water partition coefficient (Wildman–Crippen LogP) is 5.10. The van der Waals surface area contributed by atoms with Crippen molar-refractivity contribution >= 4 is 50.8 Å². The monoisotopic (exact) mass is 602 g/mol. The van der Waals surface area contributed by atoms with Gasteiger partial charge in [-0.25, -0.2) is 0 Å². The van der Waals surface area contributed by atoms with Gasteiger partial charge in [-0.2, -0.15) is 0 Å².